The molecule has 19 heavy (non-hydrogen) atoms. The number of pyridine rings is 1. The quantitative estimate of drug-likeness (QED) is 0.772. The van der Waals surface area contributed by atoms with Crippen molar-refractivity contribution < 1.29 is 17.9 Å². The van der Waals surface area contributed by atoms with E-state index in [0.717, 1.165) is 4.31 Å². The summed E-state index contributed by atoms with van der Waals surface area (Å²) in [6.07, 6.45) is 1.45. The van der Waals surface area contributed by atoms with Crippen LogP contribution in [0.4, 0.5) is 5.82 Å². The van der Waals surface area contributed by atoms with Gasteiger partial charge in [-0.05, 0) is 28.1 Å². The first-order chi connectivity index (χ1) is 8.86. The van der Waals surface area contributed by atoms with Crippen molar-refractivity contribution in [2.75, 3.05) is 25.4 Å². The zero-order valence-electron chi connectivity index (χ0n) is 10.5. The van der Waals surface area contributed by atoms with Gasteiger partial charge in [-0.1, -0.05) is 0 Å². The maximum Gasteiger partial charge on any atom is 0.306 e. The fraction of sp³-hybridized carbons (Fsp3) is 0.400. The van der Waals surface area contributed by atoms with Crippen LogP contribution in [0.1, 0.15) is 6.42 Å². The van der Waals surface area contributed by atoms with E-state index in [9.17, 15) is 13.2 Å². The van der Waals surface area contributed by atoms with E-state index in [-0.39, 0.29) is 18.8 Å². The zero-order chi connectivity index (χ0) is 14.5. The number of hydrogen-bond donors (Lipinski definition) is 1. The molecule has 0 fully saturated rings. The molecule has 0 bridgehead atoms. The van der Waals surface area contributed by atoms with Gasteiger partial charge in [0.25, 0.3) is 0 Å². The molecule has 1 rings (SSSR count). The van der Waals surface area contributed by atoms with Crippen LogP contribution in [0, 0.1) is 0 Å². The van der Waals surface area contributed by atoms with Crippen LogP contribution in [0.3, 0.4) is 0 Å². The van der Waals surface area contributed by atoms with Gasteiger partial charge in [0, 0.05) is 19.8 Å². The number of hydrogen-bond acceptors (Lipinski definition) is 5. The molecule has 0 amide bonds. The van der Waals surface area contributed by atoms with E-state index in [4.69, 9.17) is 0 Å². The summed E-state index contributed by atoms with van der Waals surface area (Å²) in [6.45, 7) is 0.0203. The highest BCUT2D eigenvalue weighted by Gasteiger charge is 2.20. The molecule has 0 saturated carbocycles. The van der Waals surface area contributed by atoms with Crippen LogP contribution in [0.2, 0.25) is 0 Å². The first-order valence-electron chi connectivity index (χ1n) is 5.28. The number of methoxy groups -OCH3 is 1. The Morgan fingerprint density at radius 2 is 2.26 bits per heavy atom. The van der Waals surface area contributed by atoms with Gasteiger partial charge in [0.1, 0.15) is 0 Å². The van der Waals surface area contributed by atoms with Crippen LogP contribution in [0.5, 0.6) is 0 Å². The number of nitrogens with one attached hydrogen (secondary N) is 1. The predicted molar refractivity (Wildman–Crippen MR) is 73.7 cm³/mol. The van der Waals surface area contributed by atoms with Crippen LogP contribution in [0.25, 0.3) is 0 Å². The predicted octanol–water partition coefficient (Wildman–Crippen LogP) is 0.996. The molecule has 0 aromatic carbocycles. The second kappa shape index (κ2) is 6.83. The summed E-state index contributed by atoms with van der Waals surface area (Å²) >= 11 is 3.19. The minimum atomic E-state index is -3.76. The molecule has 7 nitrogen and oxygen atoms in total. The molecule has 1 aromatic heterocycles. The SMILES string of the molecule is COC(=O)CCN(C)S(=O)(=O)Nc1ncccc1Br. The monoisotopic (exact) mass is 351 g/mol. The number of aromatic nitrogens is 1. The largest absolute Gasteiger partial charge is 0.469 e. The molecule has 0 radical (unpaired) electrons. The normalized spacial score (nSPS) is 11.4. The minimum Gasteiger partial charge on any atom is -0.469 e. The van der Waals surface area contributed by atoms with Crippen molar-refractivity contribution in [2.24, 2.45) is 0 Å². The Morgan fingerprint density at radius 3 is 2.84 bits per heavy atom. The number of esters is 1. The van der Waals surface area contributed by atoms with Crippen molar-refractivity contribution in [1.29, 1.82) is 0 Å². The van der Waals surface area contributed by atoms with Gasteiger partial charge in [-0.2, -0.15) is 12.7 Å². The number of anilines is 1. The zero-order valence-corrected chi connectivity index (χ0v) is 12.9. The lowest BCUT2D eigenvalue weighted by Gasteiger charge is -2.17. The molecule has 1 aromatic rings. The molecule has 0 aliphatic carbocycles. The summed E-state index contributed by atoms with van der Waals surface area (Å²) in [4.78, 5) is 14.9. The van der Waals surface area contributed by atoms with Crippen LogP contribution in [-0.2, 0) is 19.7 Å². The Kier molecular flexibility index (Phi) is 5.70. The maximum atomic E-state index is 12.0. The van der Waals surface area contributed by atoms with Gasteiger partial charge >= 0.3 is 16.2 Å². The van der Waals surface area contributed by atoms with Crippen molar-refractivity contribution in [1.82, 2.24) is 9.29 Å². The number of nitrogens with zero attached hydrogens (tertiary/aromatic N) is 2. The lowest BCUT2D eigenvalue weighted by molar-refractivity contribution is -0.140. The Balaban J connectivity index is 2.70. The highest BCUT2D eigenvalue weighted by molar-refractivity contribution is 9.10. The lowest BCUT2D eigenvalue weighted by Crippen LogP contribution is -2.34. The molecular formula is C10H14BrN3O4S. The summed E-state index contributed by atoms with van der Waals surface area (Å²) in [7, 11) is -1.14. The topological polar surface area (TPSA) is 88.6 Å². The van der Waals surface area contributed by atoms with Crippen molar-refractivity contribution >= 4 is 37.9 Å². The van der Waals surface area contributed by atoms with E-state index < -0.39 is 16.2 Å². The molecular weight excluding hydrogens is 338 g/mol. The summed E-state index contributed by atoms with van der Waals surface area (Å²) in [6, 6.07) is 3.34. The Labute approximate surface area is 120 Å². The van der Waals surface area contributed by atoms with Gasteiger partial charge in [0.2, 0.25) is 0 Å². The van der Waals surface area contributed by atoms with E-state index in [1.54, 1.807) is 12.1 Å². The van der Waals surface area contributed by atoms with E-state index >= 15 is 0 Å². The molecule has 0 saturated heterocycles. The third-order valence-corrected chi connectivity index (χ3v) is 4.35. The lowest BCUT2D eigenvalue weighted by atomic mass is 10.4. The Hall–Kier alpha value is -1.19. The number of halogens is 1. The number of carbonyl (C=O) groups excluding carboxylic acids is 1. The van der Waals surface area contributed by atoms with Gasteiger partial charge in [-0.3, -0.25) is 9.52 Å². The van der Waals surface area contributed by atoms with E-state index in [1.165, 1.54) is 20.4 Å². The fourth-order valence-corrected chi connectivity index (χ4v) is 2.51. The van der Waals surface area contributed by atoms with Gasteiger partial charge in [0.05, 0.1) is 18.0 Å². The average Bonchev–Trinajstić information content (AvgIpc) is 2.37. The van der Waals surface area contributed by atoms with Crippen LogP contribution in [0.15, 0.2) is 22.8 Å². The van der Waals surface area contributed by atoms with E-state index in [1.807, 2.05) is 0 Å². The third kappa shape index (κ3) is 4.77. The molecule has 9 heteroatoms. The second-order valence-corrected chi connectivity index (χ2v) is 6.22. The first kappa shape index (κ1) is 15.9. The molecule has 0 aliphatic rings. The highest BCUT2D eigenvalue weighted by Crippen LogP contribution is 2.20. The van der Waals surface area contributed by atoms with Crippen LogP contribution in [-0.4, -0.2) is 44.4 Å². The molecule has 0 unspecified atom stereocenters. The molecule has 0 aliphatic heterocycles. The van der Waals surface area contributed by atoms with Crippen LogP contribution >= 0.6 is 15.9 Å². The third-order valence-electron chi connectivity index (χ3n) is 2.25. The Morgan fingerprint density at radius 1 is 1.58 bits per heavy atom. The summed E-state index contributed by atoms with van der Waals surface area (Å²) < 4.78 is 32.2. The fourth-order valence-electron chi connectivity index (χ4n) is 1.13. The second-order valence-electron chi connectivity index (χ2n) is 3.59. The van der Waals surface area contributed by atoms with Gasteiger partial charge in [0.15, 0.2) is 5.82 Å². The number of ether oxygens (including phenoxy) is 1. The molecule has 1 heterocycles. The molecule has 1 N–H and O–H groups in total. The van der Waals surface area contributed by atoms with Gasteiger partial charge < -0.3 is 4.74 Å². The number of carbonyl (C=O) groups is 1. The Bertz CT molecular complexity index is 549. The number of rotatable bonds is 6. The minimum absolute atomic E-state index is 0.0166. The van der Waals surface area contributed by atoms with Crippen LogP contribution < -0.4 is 4.72 Å². The van der Waals surface area contributed by atoms with Gasteiger partial charge in [-0.25, -0.2) is 4.98 Å². The maximum absolute atomic E-state index is 12.0. The highest BCUT2D eigenvalue weighted by atomic mass is 79.9. The van der Waals surface area contributed by atoms with Crippen molar-refractivity contribution in [3.63, 3.8) is 0 Å². The molecule has 0 atom stereocenters. The summed E-state index contributed by atoms with van der Waals surface area (Å²) in [5, 5.41) is 0. The van der Waals surface area contributed by atoms with Gasteiger partial charge in [-0.15, -0.1) is 0 Å². The molecule has 0 spiro atoms. The first-order valence-corrected chi connectivity index (χ1v) is 7.51. The molecule has 106 valence electrons. The average molecular weight is 352 g/mol. The van der Waals surface area contributed by atoms with E-state index in [0.29, 0.717) is 4.47 Å². The van der Waals surface area contributed by atoms with Crippen molar-refractivity contribution in [3.05, 3.63) is 22.8 Å². The van der Waals surface area contributed by atoms with Crippen molar-refractivity contribution in [2.45, 2.75) is 6.42 Å². The smallest absolute Gasteiger partial charge is 0.306 e. The van der Waals surface area contributed by atoms with Crippen molar-refractivity contribution in [3.8, 4) is 0 Å². The summed E-state index contributed by atoms with van der Waals surface area (Å²) in [5.41, 5.74) is 0. The summed E-state index contributed by atoms with van der Waals surface area (Å²) in [5.74, 6) is -0.284. The van der Waals surface area contributed by atoms with E-state index in [2.05, 4.69) is 30.4 Å². The standard InChI is InChI=1S/C10H14BrN3O4S/c1-14(7-5-9(15)18-2)19(16,17)13-10-8(11)4-3-6-12-10/h3-4,6H,5,7H2,1-2H3,(H,12,13).